The molecule has 4 heteroatoms. The van der Waals surface area contributed by atoms with Crippen molar-refractivity contribution in [1.29, 1.82) is 0 Å². The minimum absolute atomic E-state index is 0.166. The molecule has 0 saturated heterocycles. The van der Waals surface area contributed by atoms with E-state index in [-0.39, 0.29) is 5.91 Å². The lowest BCUT2D eigenvalue weighted by atomic mass is 10.1. The summed E-state index contributed by atoms with van der Waals surface area (Å²) in [6.07, 6.45) is 0. The quantitative estimate of drug-likeness (QED) is 0.638. The van der Waals surface area contributed by atoms with Crippen molar-refractivity contribution < 1.29 is 14.3 Å². The molecule has 0 saturated carbocycles. The van der Waals surface area contributed by atoms with Crippen LogP contribution in [-0.4, -0.2) is 12.5 Å². The molecule has 27 heavy (non-hydrogen) atoms. The van der Waals surface area contributed by atoms with Crippen LogP contribution >= 0.6 is 0 Å². The number of carbonyl (C=O) groups is 1. The zero-order valence-electron chi connectivity index (χ0n) is 15.4. The molecule has 138 valence electrons. The molecule has 0 spiro atoms. The molecular formula is C23H23NO3. The van der Waals surface area contributed by atoms with E-state index in [4.69, 9.17) is 9.47 Å². The smallest absolute Gasteiger partial charge is 0.255 e. The van der Waals surface area contributed by atoms with E-state index in [1.54, 1.807) is 6.07 Å². The highest BCUT2D eigenvalue weighted by Gasteiger charge is 2.12. The molecule has 0 aliphatic rings. The van der Waals surface area contributed by atoms with Crippen molar-refractivity contribution in [3.63, 3.8) is 0 Å². The minimum Gasteiger partial charge on any atom is -0.494 e. The molecule has 0 bridgehead atoms. The lowest BCUT2D eigenvalue weighted by Crippen LogP contribution is -2.23. The van der Waals surface area contributed by atoms with Crippen molar-refractivity contribution >= 4 is 5.91 Å². The van der Waals surface area contributed by atoms with Crippen molar-refractivity contribution in [2.75, 3.05) is 6.61 Å². The van der Waals surface area contributed by atoms with Crippen LogP contribution < -0.4 is 14.8 Å². The van der Waals surface area contributed by atoms with Crippen LogP contribution in [0.15, 0.2) is 78.9 Å². The van der Waals surface area contributed by atoms with Crippen LogP contribution in [0.1, 0.15) is 28.4 Å². The molecule has 0 aliphatic carbocycles. The Balaban J connectivity index is 1.63. The van der Waals surface area contributed by atoms with Gasteiger partial charge in [0.1, 0.15) is 18.1 Å². The summed E-state index contributed by atoms with van der Waals surface area (Å²) in [5.74, 6) is 1.21. The molecule has 1 amide bonds. The van der Waals surface area contributed by atoms with Crippen LogP contribution in [0.25, 0.3) is 0 Å². The van der Waals surface area contributed by atoms with Crippen molar-refractivity contribution in [3.8, 4) is 11.5 Å². The highest BCUT2D eigenvalue weighted by atomic mass is 16.5. The molecule has 0 heterocycles. The molecule has 0 atom stereocenters. The number of nitrogens with one attached hydrogen (secondary N) is 1. The molecule has 3 aromatic carbocycles. The maximum Gasteiger partial charge on any atom is 0.255 e. The first kappa shape index (κ1) is 18.5. The maximum atomic E-state index is 12.6. The second kappa shape index (κ2) is 9.43. The van der Waals surface area contributed by atoms with E-state index in [1.807, 2.05) is 79.7 Å². The molecular weight excluding hydrogens is 338 g/mol. The standard InChI is InChI=1S/C23H23NO3/c1-2-26-20-12-8-11-19(15-20)16-24-23(25)21-13-6-7-14-22(21)27-17-18-9-4-3-5-10-18/h3-15H,2,16-17H2,1H3,(H,24,25). The number of hydrogen-bond acceptors (Lipinski definition) is 3. The Bertz CT molecular complexity index is 878. The third-order valence-corrected chi connectivity index (χ3v) is 4.03. The van der Waals surface area contributed by atoms with E-state index < -0.39 is 0 Å². The van der Waals surface area contributed by atoms with E-state index in [0.717, 1.165) is 16.9 Å². The van der Waals surface area contributed by atoms with E-state index in [0.29, 0.717) is 31.1 Å². The van der Waals surface area contributed by atoms with Gasteiger partial charge in [-0.1, -0.05) is 54.6 Å². The van der Waals surface area contributed by atoms with Crippen molar-refractivity contribution in [2.45, 2.75) is 20.1 Å². The zero-order chi connectivity index (χ0) is 18.9. The Morgan fingerprint density at radius 1 is 0.852 bits per heavy atom. The van der Waals surface area contributed by atoms with Gasteiger partial charge in [0.05, 0.1) is 12.2 Å². The van der Waals surface area contributed by atoms with Gasteiger partial charge in [-0.2, -0.15) is 0 Å². The fourth-order valence-electron chi connectivity index (χ4n) is 2.70. The average molecular weight is 361 g/mol. The number of hydrogen-bond donors (Lipinski definition) is 1. The monoisotopic (exact) mass is 361 g/mol. The van der Waals surface area contributed by atoms with Gasteiger partial charge in [0.2, 0.25) is 0 Å². The lowest BCUT2D eigenvalue weighted by Gasteiger charge is -2.12. The van der Waals surface area contributed by atoms with Crippen LogP contribution in [-0.2, 0) is 13.2 Å². The summed E-state index contributed by atoms with van der Waals surface area (Å²) < 4.78 is 11.4. The molecule has 0 fully saturated rings. The number of rotatable bonds is 8. The predicted molar refractivity (Wildman–Crippen MR) is 106 cm³/mol. The topological polar surface area (TPSA) is 47.6 Å². The van der Waals surface area contributed by atoms with E-state index in [2.05, 4.69) is 5.32 Å². The summed E-state index contributed by atoms with van der Waals surface area (Å²) in [6, 6.07) is 24.9. The summed E-state index contributed by atoms with van der Waals surface area (Å²) in [5.41, 5.74) is 2.56. The maximum absolute atomic E-state index is 12.6. The summed E-state index contributed by atoms with van der Waals surface area (Å²) in [6.45, 7) is 3.40. The highest BCUT2D eigenvalue weighted by molar-refractivity contribution is 5.96. The van der Waals surface area contributed by atoms with Gasteiger partial charge in [0.15, 0.2) is 0 Å². The van der Waals surface area contributed by atoms with Crippen molar-refractivity contribution in [1.82, 2.24) is 5.32 Å². The SMILES string of the molecule is CCOc1cccc(CNC(=O)c2ccccc2OCc2ccccc2)c1. The summed E-state index contributed by atoms with van der Waals surface area (Å²) >= 11 is 0. The van der Waals surface area contributed by atoms with Gasteiger partial charge in [0.25, 0.3) is 5.91 Å². The van der Waals surface area contributed by atoms with E-state index >= 15 is 0 Å². The number of ether oxygens (including phenoxy) is 2. The van der Waals surface area contributed by atoms with E-state index in [9.17, 15) is 4.79 Å². The second-order valence-electron chi connectivity index (χ2n) is 6.03. The van der Waals surface area contributed by atoms with Gasteiger partial charge < -0.3 is 14.8 Å². The second-order valence-corrected chi connectivity index (χ2v) is 6.03. The third kappa shape index (κ3) is 5.35. The minimum atomic E-state index is -0.166. The summed E-state index contributed by atoms with van der Waals surface area (Å²) in [7, 11) is 0. The molecule has 3 aromatic rings. The first-order chi connectivity index (χ1) is 13.3. The van der Waals surface area contributed by atoms with Gasteiger partial charge in [0, 0.05) is 6.54 Å². The van der Waals surface area contributed by atoms with Gasteiger partial charge in [-0.3, -0.25) is 4.79 Å². The van der Waals surface area contributed by atoms with E-state index in [1.165, 1.54) is 0 Å². The third-order valence-electron chi connectivity index (χ3n) is 4.03. The van der Waals surface area contributed by atoms with Crippen LogP contribution in [0.3, 0.4) is 0 Å². The molecule has 0 radical (unpaired) electrons. The molecule has 1 N–H and O–H groups in total. The largest absolute Gasteiger partial charge is 0.494 e. The Hall–Kier alpha value is -3.27. The van der Waals surface area contributed by atoms with Gasteiger partial charge in [-0.05, 0) is 42.3 Å². The number of benzene rings is 3. The zero-order valence-corrected chi connectivity index (χ0v) is 15.4. The van der Waals surface area contributed by atoms with Gasteiger partial charge in [-0.25, -0.2) is 0 Å². The Morgan fingerprint density at radius 2 is 1.59 bits per heavy atom. The first-order valence-electron chi connectivity index (χ1n) is 9.02. The van der Waals surface area contributed by atoms with Crippen LogP contribution in [0.2, 0.25) is 0 Å². The van der Waals surface area contributed by atoms with Gasteiger partial charge in [-0.15, -0.1) is 0 Å². The fraction of sp³-hybridized carbons (Fsp3) is 0.174. The number of carbonyl (C=O) groups excluding carboxylic acids is 1. The Morgan fingerprint density at radius 3 is 2.41 bits per heavy atom. The first-order valence-corrected chi connectivity index (χ1v) is 9.02. The van der Waals surface area contributed by atoms with Crippen molar-refractivity contribution in [3.05, 3.63) is 95.6 Å². The van der Waals surface area contributed by atoms with Crippen LogP contribution in [0.4, 0.5) is 0 Å². The van der Waals surface area contributed by atoms with Crippen LogP contribution in [0, 0.1) is 0 Å². The Labute approximate surface area is 159 Å². The normalized spacial score (nSPS) is 10.3. The number of para-hydroxylation sites is 1. The molecule has 0 unspecified atom stereocenters. The van der Waals surface area contributed by atoms with Crippen LogP contribution in [0.5, 0.6) is 11.5 Å². The summed E-state index contributed by atoms with van der Waals surface area (Å²) in [5, 5.41) is 2.95. The summed E-state index contributed by atoms with van der Waals surface area (Å²) in [4.78, 5) is 12.6. The molecule has 3 rings (SSSR count). The molecule has 0 aliphatic heterocycles. The van der Waals surface area contributed by atoms with Gasteiger partial charge >= 0.3 is 0 Å². The Kier molecular flexibility index (Phi) is 6.47. The molecule has 0 aromatic heterocycles. The molecule has 4 nitrogen and oxygen atoms in total. The fourth-order valence-corrected chi connectivity index (χ4v) is 2.70. The van der Waals surface area contributed by atoms with Crippen molar-refractivity contribution in [2.24, 2.45) is 0 Å². The average Bonchev–Trinajstić information content (AvgIpc) is 2.72. The lowest BCUT2D eigenvalue weighted by molar-refractivity contribution is 0.0946. The number of amides is 1. The predicted octanol–water partition coefficient (Wildman–Crippen LogP) is 4.59. The highest BCUT2D eigenvalue weighted by Crippen LogP contribution is 2.20.